The van der Waals surface area contributed by atoms with Gasteiger partial charge in [-0.1, -0.05) is 12.1 Å². The SMILES string of the molecule is IN1CSc2ccccc21. The minimum atomic E-state index is 1.08. The summed E-state index contributed by atoms with van der Waals surface area (Å²) in [5.74, 6) is 1.08. The molecule has 0 atom stereocenters. The van der Waals surface area contributed by atoms with Gasteiger partial charge in [-0.25, -0.2) is 0 Å². The molecule has 0 fully saturated rings. The molecular weight excluding hydrogens is 257 g/mol. The third-order valence-electron chi connectivity index (χ3n) is 1.46. The Bertz CT molecular complexity index is 251. The molecule has 0 aliphatic carbocycles. The summed E-state index contributed by atoms with van der Waals surface area (Å²) in [6, 6.07) is 8.48. The highest BCUT2D eigenvalue weighted by molar-refractivity contribution is 14.1. The van der Waals surface area contributed by atoms with E-state index < -0.39 is 0 Å². The molecule has 0 saturated heterocycles. The van der Waals surface area contributed by atoms with E-state index in [9.17, 15) is 0 Å². The Labute approximate surface area is 78.3 Å². The lowest BCUT2D eigenvalue weighted by molar-refractivity contribution is 1.35. The molecule has 0 unspecified atom stereocenters. The monoisotopic (exact) mass is 263 g/mol. The van der Waals surface area contributed by atoms with Crippen molar-refractivity contribution in [3.8, 4) is 0 Å². The highest BCUT2D eigenvalue weighted by Gasteiger charge is 2.15. The number of para-hydroxylation sites is 1. The maximum absolute atomic E-state index is 2.34. The molecular formula is C7H6INS. The van der Waals surface area contributed by atoms with Gasteiger partial charge in [0, 0.05) is 4.90 Å². The molecule has 1 heterocycles. The molecule has 1 aliphatic heterocycles. The summed E-state index contributed by atoms with van der Waals surface area (Å²) in [5, 5.41) is 0. The molecule has 0 amide bonds. The van der Waals surface area contributed by atoms with Crippen LogP contribution in [-0.4, -0.2) is 5.88 Å². The summed E-state index contributed by atoms with van der Waals surface area (Å²) in [4.78, 5) is 1.40. The van der Waals surface area contributed by atoms with E-state index in [0.29, 0.717) is 0 Å². The second-order valence-corrected chi connectivity index (χ2v) is 4.25. The molecule has 1 aromatic rings. The molecule has 52 valence electrons. The summed E-state index contributed by atoms with van der Waals surface area (Å²) in [6.07, 6.45) is 0. The van der Waals surface area contributed by atoms with Crippen LogP contribution in [0.1, 0.15) is 0 Å². The van der Waals surface area contributed by atoms with Gasteiger partial charge < -0.3 is 3.11 Å². The number of halogens is 1. The van der Waals surface area contributed by atoms with Crippen LogP contribution in [-0.2, 0) is 0 Å². The number of nitrogens with zero attached hydrogens (tertiary/aromatic N) is 1. The third kappa shape index (κ3) is 1.01. The summed E-state index contributed by atoms with van der Waals surface area (Å²) in [7, 11) is 0. The van der Waals surface area contributed by atoms with Crippen LogP contribution in [0.4, 0.5) is 5.69 Å². The molecule has 0 N–H and O–H groups in total. The van der Waals surface area contributed by atoms with E-state index in [0.717, 1.165) is 5.88 Å². The van der Waals surface area contributed by atoms with Gasteiger partial charge in [-0.05, 0) is 12.1 Å². The summed E-state index contributed by atoms with van der Waals surface area (Å²) in [5.41, 5.74) is 1.35. The number of fused-ring (bicyclic) bond motifs is 1. The molecule has 1 nitrogen and oxygen atoms in total. The van der Waals surface area contributed by atoms with Crippen LogP contribution in [0.3, 0.4) is 0 Å². The summed E-state index contributed by atoms with van der Waals surface area (Å²) in [6.45, 7) is 0. The van der Waals surface area contributed by atoms with E-state index >= 15 is 0 Å². The third-order valence-corrected chi connectivity index (χ3v) is 3.83. The van der Waals surface area contributed by atoms with Crippen molar-refractivity contribution in [2.24, 2.45) is 0 Å². The Kier molecular flexibility index (Phi) is 1.78. The Morgan fingerprint density at radius 2 is 2.20 bits per heavy atom. The standard InChI is InChI=1S/C7H6INS/c8-9-5-10-7-4-2-1-3-6(7)9/h1-4H,5H2. The van der Waals surface area contributed by atoms with E-state index in [1.54, 1.807) is 0 Å². The lowest BCUT2D eigenvalue weighted by Crippen LogP contribution is -2.00. The fraction of sp³-hybridized carbons (Fsp3) is 0.143. The van der Waals surface area contributed by atoms with E-state index in [-0.39, 0.29) is 0 Å². The fourth-order valence-electron chi connectivity index (χ4n) is 0.975. The lowest BCUT2D eigenvalue weighted by atomic mass is 10.3. The molecule has 0 saturated carbocycles. The van der Waals surface area contributed by atoms with E-state index in [1.165, 1.54) is 10.6 Å². The van der Waals surface area contributed by atoms with Gasteiger partial charge in [0.1, 0.15) is 0 Å². The largest absolute Gasteiger partial charge is 0.303 e. The van der Waals surface area contributed by atoms with Crippen LogP contribution < -0.4 is 3.11 Å². The maximum Gasteiger partial charge on any atom is 0.0784 e. The predicted molar refractivity (Wildman–Crippen MR) is 53.7 cm³/mol. The number of hydrogen-bond acceptors (Lipinski definition) is 2. The van der Waals surface area contributed by atoms with E-state index in [4.69, 9.17) is 0 Å². The number of hydrogen-bond donors (Lipinski definition) is 0. The Hall–Kier alpha value is 0.100. The zero-order chi connectivity index (χ0) is 6.97. The van der Waals surface area contributed by atoms with E-state index in [2.05, 4.69) is 50.2 Å². The zero-order valence-corrected chi connectivity index (χ0v) is 8.22. The summed E-state index contributed by atoms with van der Waals surface area (Å²) >= 11 is 4.23. The first-order valence-electron chi connectivity index (χ1n) is 3.03. The lowest BCUT2D eigenvalue weighted by Gasteiger charge is -2.05. The minimum absolute atomic E-state index is 1.08. The first-order chi connectivity index (χ1) is 4.88. The summed E-state index contributed by atoms with van der Waals surface area (Å²) < 4.78 is 2.23. The van der Waals surface area contributed by atoms with Gasteiger partial charge in [0.05, 0.1) is 34.4 Å². The van der Waals surface area contributed by atoms with E-state index in [1.807, 2.05) is 11.8 Å². The van der Waals surface area contributed by atoms with Gasteiger partial charge >= 0.3 is 0 Å². The molecule has 0 bridgehead atoms. The smallest absolute Gasteiger partial charge is 0.0784 e. The normalized spacial score (nSPS) is 15.5. The Morgan fingerprint density at radius 3 is 3.00 bits per heavy atom. The van der Waals surface area contributed by atoms with Crippen molar-refractivity contribution in [2.75, 3.05) is 8.99 Å². The van der Waals surface area contributed by atoms with Crippen LogP contribution in [0.15, 0.2) is 29.2 Å². The van der Waals surface area contributed by atoms with Crippen LogP contribution in [0.2, 0.25) is 0 Å². The van der Waals surface area contributed by atoms with Gasteiger partial charge in [0.2, 0.25) is 0 Å². The Morgan fingerprint density at radius 1 is 1.40 bits per heavy atom. The molecule has 1 aromatic carbocycles. The van der Waals surface area contributed by atoms with Crippen LogP contribution in [0, 0.1) is 0 Å². The second kappa shape index (κ2) is 2.62. The maximum atomic E-state index is 2.34. The second-order valence-electron chi connectivity index (χ2n) is 2.10. The molecule has 0 spiro atoms. The first-order valence-corrected chi connectivity index (χ1v) is 4.98. The minimum Gasteiger partial charge on any atom is -0.303 e. The van der Waals surface area contributed by atoms with Crippen molar-refractivity contribution in [3.63, 3.8) is 0 Å². The van der Waals surface area contributed by atoms with Gasteiger partial charge in [0.25, 0.3) is 0 Å². The highest BCUT2D eigenvalue weighted by Crippen LogP contribution is 2.39. The molecule has 0 aromatic heterocycles. The molecule has 2 rings (SSSR count). The average molecular weight is 263 g/mol. The first kappa shape index (κ1) is 6.79. The molecule has 1 aliphatic rings. The molecule has 3 heteroatoms. The average Bonchev–Trinajstić information content (AvgIpc) is 2.34. The van der Waals surface area contributed by atoms with Crippen molar-refractivity contribution >= 4 is 40.3 Å². The highest BCUT2D eigenvalue weighted by atomic mass is 127. The topological polar surface area (TPSA) is 3.24 Å². The van der Waals surface area contributed by atoms with Gasteiger partial charge in [-0.15, -0.1) is 11.8 Å². The van der Waals surface area contributed by atoms with Crippen LogP contribution >= 0.6 is 34.6 Å². The number of anilines is 1. The van der Waals surface area contributed by atoms with Crippen molar-refractivity contribution in [3.05, 3.63) is 24.3 Å². The van der Waals surface area contributed by atoms with Crippen molar-refractivity contribution < 1.29 is 0 Å². The van der Waals surface area contributed by atoms with Crippen molar-refractivity contribution in [1.82, 2.24) is 0 Å². The van der Waals surface area contributed by atoms with Gasteiger partial charge in [-0.3, -0.25) is 0 Å². The van der Waals surface area contributed by atoms with Crippen molar-refractivity contribution in [2.45, 2.75) is 4.90 Å². The van der Waals surface area contributed by atoms with Gasteiger partial charge in [-0.2, -0.15) is 0 Å². The van der Waals surface area contributed by atoms with Gasteiger partial charge in [0.15, 0.2) is 0 Å². The molecule has 10 heavy (non-hydrogen) atoms. The number of benzene rings is 1. The van der Waals surface area contributed by atoms with Crippen LogP contribution in [0.5, 0.6) is 0 Å². The van der Waals surface area contributed by atoms with Crippen LogP contribution in [0.25, 0.3) is 0 Å². The fourth-order valence-corrected chi connectivity index (χ4v) is 2.87. The predicted octanol–water partition coefficient (Wildman–Crippen LogP) is 2.91. The number of thioether (sulfide) groups is 1. The van der Waals surface area contributed by atoms with Crippen molar-refractivity contribution in [1.29, 1.82) is 0 Å². The Balaban J connectivity index is 2.51. The number of rotatable bonds is 0. The quantitative estimate of drug-likeness (QED) is 0.523. The zero-order valence-electron chi connectivity index (χ0n) is 5.25. The molecule has 0 radical (unpaired) electrons.